The number of hydrogen-bond donors (Lipinski definition) is 1. The second-order valence-electron chi connectivity index (χ2n) is 10.4. The highest BCUT2D eigenvalue weighted by molar-refractivity contribution is 7.07. The number of carbonyl (C=O) groups excluding carboxylic acids is 2. The fourth-order valence-corrected chi connectivity index (χ4v) is 6.48. The molecule has 218 valence electrons. The number of benzene rings is 3. The molecule has 2 aliphatic rings. The highest BCUT2D eigenvalue weighted by Crippen LogP contribution is 2.31. The Morgan fingerprint density at radius 1 is 1.02 bits per heavy atom. The zero-order valence-corrected chi connectivity index (χ0v) is 25.0. The van der Waals surface area contributed by atoms with Gasteiger partial charge in [-0.3, -0.25) is 19.0 Å². The van der Waals surface area contributed by atoms with Crippen LogP contribution in [0.4, 0.5) is 5.69 Å². The quantitative estimate of drug-likeness (QED) is 0.332. The molecule has 2 aliphatic heterocycles. The molecule has 1 aromatic heterocycles. The number of halogens is 1. The lowest BCUT2D eigenvalue weighted by Crippen LogP contribution is -2.40. The molecule has 3 heterocycles. The number of allylic oxidation sites excluding steroid dienone is 1. The van der Waals surface area contributed by atoms with E-state index in [4.69, 9.17) is 21.3 Å². The van der Waals surface area contributed by atoms with E-state index < -0.39 is 6.04 Å². The van der Waals surface area contributed by atoms with Crippen LogP contribution < -0.4 is 24.9 Å². The summed E-state index contributed by atoms with van der Waals surface area (Å²) >= 11 is 7.45. The van der Waals surface area contributed by atoms with Crippen molar-refractivity contribution in [2.24, 2.45) is 4.99 Å². The lowest BCUT2D eigenvalue weighted by Gasteiger charge is -2.25. The van der Waals surface area contributed by atoms with Gasteiger partial charge in [0, 0.05) is 23.8 Å². The minimum Gasteiger partial charge on any atom is -0.484 e. The van der Waals surface area contributed by atoms with Crippen LogP contribution >= 0.6 is 22.9 Å². The number of thiazole rings is 1. The van der Waals surface area contributed by atoms with Gasteiger partial charge in [0.05, 0.1) is 21.8 Å². The predicted octanol–water partition coefficient (Wildman–Crippen LogP) is 4.53. The Morgan fingerprint density at radius 2 is 1.72 bits per heavy atom. The van der Waals surface area contributed by atoms with Crippen molar-refractivity contribution in [2.45, 2.75) is 25.8 Å². The van der Waals surface area contributed by atoms with Crippen LogP contribution in [0.2, 0.25) is 5.02 Å². The van der Waals surface area contributed by atoms with Gasteiger partial charge in [0.1, 0.15) is 5.75 Å². The first-order chi connectivity index (χ1) is 20.9. The number of amides is 2. The molecular formula is C33H29ClN4O4S. The third kappa shape index (κ3) is 6.18. The molecular weight excluding hydrogens is 584 g/mol. The highest BCUT2D eigenvalue weighted by Gasteiger charge is 2.32. The van der Waals surface area contributed by atoms with E-state index >= 15 is 0 Å². The summed E-state index contributed by atoms with van der Waals surface area (Å²) in [5.41, 5.74) is 2.85. The van der Waals surface area contributed by atoms with Gasteiger partial charge in [-0.2, -0.15) is 0 Å². The SMILES string of the molecule is CC1=C(C(=O)Nc2ccccc2)[C@@H](c2ccc(Cl)cc2)n2c(s/c(=C/c3ccc(OCC(=O)N4CCCC4)cc3)c2=O)=N1. The van der Waals surface area contributed by atoms with Gasteiger partial charge in [-0.15, -0.1) is 0 Å². The molecule has 0 radical (unpaired) electrons. The van der Waals surface area contributed by atoms with Gasteiger partial charge >= 0.3 is 0 Å². The Balaban J connectivity index is 1.31. The topological polar surface area (TPSA) is 93.0 Å². The Bertz CT molecular complexity index is 1870. The van der Waals surface area contributed by atoms with Crippen molar-refractivity contribution in [1.82, 2.24) is 9.47 Å². The van der Waals surface area contributed by atoms with Crippen LogP contribution in [-0.4, -0.2) is 41.0 Å². The number of aromatic nitrogens is 1. The highest BCUT2D eigenvalue weighted by atomic mass is 35.5. The van der Waals surface area contributed by atoms with Crippen LogP contribution in [0, 0.1) is 0 Å². The molecule has 6 rings (SSSR count). The fourth-order valence-electron chi connectivity index (χ4n) is 5.31. The summed E-state index contributed by atoms with van der Waals surface area (Å²) in [6, 6.07) is 22.9. The van der Waals surface area contributed by atoms with Gasteiger partial charge in [0.25, 0.3) is 17.4 Å². The third-order valence-corrected chi connectivity index (χ3v) is 8.72. The van der Waals surface area contributed by atoms with Crippen LogP contribution in [0.15, 0.2) is 99.9 Å². The van der Waals surface area contributed by atoms with Crippen LogP contribution in [-0.2, 0) is 9.59 Å². The average molecular weight is 613 g/mol. The predicted molar refractivity (Wildman–Crippen MR) is 168 cm³/mol. The second kappa shape index (κ2) is 12.4. The van der Waals surface area contributed by atoms with E-state index in [0.717, 1.165) is 37.1 Å². The number of fused-ring (bicyclic) bond motifs is 1. The minimum atomic E-state index is -0.691. The summed E-state index contributed by atoms with van der Waals surface area (Å²) in [7, 11) is 0. The number of rotatable bonds is 7. The molecule has 0 aliphatic carbocycles. The molecule has 10 heteroatoms. The number of nitrogens with zero attached hydrogens (tertiary/aromatic N) is 3. The monoisotopic (exact) mass is 612 g/mol. The Labute approximate surface area is 257 Å². The van der Waals surface area contributed by atoms with E-state index in [-0.39, 0.29) is 24.0 Å². The molecule has 2 amide bonds. The first-order valence-corrected chi connectivity index (χ1v) is 15.2. The Kier molecular flexibility index (Phi) is 8.26. The third-order valence-electron chi connectivity index (χ3n) is 7.48. The lowest BCUT2D eigenvalue weighted by atomic mass is 9.95. The molecule has 4 aromatic rings. The molecule has 1 N–H and O–H groups in total. The van der Waals surface area contributed by atoms with E-state index in [1.54, 1.807) is 41.8 Å². The summed E-state index contributed by atoms with van der Waals surface area (Å²) in [6.45, 7) is 3.36. The van der Waals surface area contributed by atoms with Crippen molar-refractivity contribution in [3.05, 3.63) is 126 Å². The fraction of sp³-hybridized carbons (Fsp3) is 0.212. The molecule has 0 bridgehead atoms. The number of para-hydroxylation sites is 1. The van der Waals surface area contributed by atoms with Crippen molar-refractivity contribution >= 4 is 46.5 Å². The zero-order valence-electron chi connectivity index (χ0n) is 23.5. The Morgan fingerprint density at radius 3 is 2.42 bits per heavy atom. The maximum absolute atomic E-state index is 13.9. The van der Waals surface area contributed by atoms with E-state index in [1.165, 1.54) is 11.3 Å². The van der Waals surface area contributed by atoms with Crippen molar-refractivity contribution in [3.63, 3.8) is 0 Å². The van der Waals surface area contributed by atoms with Gasteiger partial charge in [-0.1, -0.05) is 65.4 Å². The number of ether oxygens (including phenoxy) is 1. The number of hydrogen-bond acceptors (Lipinski definition) is 6. The molecule has 0 saturated carbocycles. The van der Waals surface area contributed by atoms with Crippen LogP contribution in [0.5, 0.6) is 5.75 Å². The molecule has 43 heavy (non-hydrogen) atoms. The average Bonchev–Trinajstić information content (AvgIpc) is 3.65. The van der Waals surface area contributed by atoms with Crippen LogP contribution in [0.3, 0.4) is 0 Å². The summed E-state index contributed by atoms with van der Waals surface area (Å²) in [4.78, 5) is 46.9. The van der Waals surface area contributed by atoms with Gasteiger partial charge in [-0.05, 0) is 73.4 Å². The first-order valence-electron chi connectivity index (χ1n) is 14.0. The number of anilines is 1. The standard InChI is InChI=1S/C33H29ClN4O4S/c1-21-29(31(40)36-25-7-3-2-4-8-25)30(23-11-13-24(34)14-12-23)38-32(41)27(43-33(38)35-21)19-22-9-15-26(16-10-22)42-20-28(39)37-17-5-6-18-37/h2-4,7-16,19,30H,5-6,17-18,20H2,1H3,(H,36,40)/b27-19+/t30-/m1/s1. The summed E-state index contributed by atoms with van der Waals surface area (Å²) < 4.78 is 7.76. The van der Waals surface area contributed by atoms with Gasteiger partial charge in [-0.25, -0.2) is 4.99 Å². The number of likely N-dealkylation sites (tertiary alicyclic amines) is 1. The zero-order chi connectivity index (χ0) is 29.9. The van der Waals surface area contributed by atoms with Crippen molar-refractivity contribution in [2.75, 3.05) is 25.0 Å². The second-order valence-corrected chi connectivity index (χ2v) is 11.8. The molecule has 0 unspecified atom stereocenters. The van der Waals surface area contributed by atoms with Crippen molar-refractivity contribution < 1.29 is 14.3 Å². The first kappa shape index (κ1) is 28.6. The minimum absolute atomic E-state index is 0.00216. The van der Waals surface area contributed by atoms with E-state index in [0.29, 0.717) is 37.1 Å². The molecule has 1 saturated heterocycles. The number of nitrogens with one attached hydrogen (secondary N) is 1. The van der Waals surface area contributed by atoms with Crippen molar-refractivity contribution in [3.8, 4) is 5.75 Å². The van der Waals surface area contributed by atoms with E-state index in [2.05, 4.69) is 5.32 Å². The van der Waals surface area contributed by atoms with Crippen LogP contribution in [0.25, 0.3) is 6.08 Å². The molecule has 0 spiro atoms. The molecule has 8 nitrogen and oxygen atoms in total. The smallest absolute Gasteiger partial charge is 0.271 e. The largest absolute Gasteiger partial charge is 0.484 e. The summed E-state index contributed by atoms with van der Waals surface area (Å²) in [6.07, 6.45) is 3.87. The summed E-state index contributed by atoms with van der Waals surface area (Å²) in [5.74, 6) is 0.240. The lowest BCUT2D eigenvalue weighted by molar-refractivity contribution is -0.132. The van der Waals surface area contributed by atoms with E-state index in [1.807, 2.05) is 59.5 Å². The van der Waals surface area contributed by atoms with E-state index in [9.17, 15) is 14.4 Å². The number of carbonyl (C=O) groups is 2. The van der Waals surface area contributed by atoms with Gasteiger partial charge in [0.2, 0.25) is 0 Å². The maximum atomic E-state index is 13.9. The molecule has 3 aromatic carbocycles. The van der Waals surface area contributed by atoms with Gasteiger partial charge < -0.3 is 15.0 Å². The Hall–Kier alpha value is -4.47. The maximum Gasteiger partial charge on any atom is 0.271 e. The van der Waals surface area contributed by atoms with Crippen molar-refractivity contribution in [1.29, 1.82) is 0 Å². The van der Waals surface area contributed by atoms with Crippen LogP contribution in [0.1, 0.15) is 36.9 Å². The van der Waals surface area contributed by atoms with Gasteiger partial charge in [0.15, 0.2) is 11.4 Å². The molecule has 1 atom stereocenters. The normalized spacial score (nSPS) is 16.6. The molecule has 1 fully saturated rings. The summed E-state index contributed by atoms with van der Waals surface area (Å²) in [5, 5.41) is 3.51.